The number of nitrogens with zero attached hydrogens (tertiary/aromatic N) is 1. The highest BCUT2D eigenvalue weighted by atomic mass is 16.3. The van der Waals surface area contributed by atoms with Crippen LogP contribution in [0.4, 0.5) is 5.69 Å². The molecule has 0 aromatic heterocycles. The van der Waals surface area contributed by atoms with E-state index >= 15 is 0 Å². The van der Waals surface area contributed by atoms with Crippen LogP contribution < -0.4 is 5.32 Å². The molecule has 27 heavy (non-hydrogen) atoms. The summed E-state index contributed by atoms with van der Waals surface area (Å²) in [6, 6.07) is 9.11. The zero-order chi connectivity index (χ0) is 19.2. The third-order valence-corrected chi connectivity index (χ3v) is 5.78. The zero-order valence-electron chi connectivity index (χ0n) is 15.7. The smallest absolute Gasteiger partial charge is 0.259 e. The number of aliphatic hydroxyl groups excluding tert-OH is 2. The van der Waals surface area contributed by atoms with E-state index in [-0.39, 0.29) is 24.6 Å². The van der Waals surface area contributed by atoms with Gasteiger partial charge in [0.05, 0.1) is 5.92 Å². The Kier molecular flexibility index (Phi) is 6.85. The first-order chi connectivity index (χ1) is 13.1. The summed E-state index contributed by atoms with van der Waals surface area (Å²) in [7, 11) is 0. The lowest BCUT2D eigenvalue weighted by Gasteiger charge is -2.30. The van der Waals surface area contributed by atoms with Crippen molar-refractivity contribution in [2.24, 2.45) is 5.92 Å². The van der Waals surface area contributed by atoms with Gasteiger partial charge in [-0.05, 0) is 44.2 Å². The molecule has 3 N–H and O–H groups in total. The Bertz CT molecular complexity index is 630. The zero-order valence-corrected chi connectivity index (χ0v) is 15.7. The standard InChI is InChI=1S/C21H30N2O4/c24-14-8-7-13-17(22-15-9-3-1-4-10-15)18-19(25)21(27)23(20(18)26)16-11-5-2-6-12-16/h1,3-4,9-10,16-19,22,24-25H,2,5-8,11-14H2. The first kappa shape index (κ1) is 19.8. The minimum Gasteiger partial charge on any atom is -0.396 e. The summed E-state index contributed by atoms with van der Waals surface area (Å²) in [6.07, 6.45) is 5.49. The van der Waals surface area contributed by atoms with Gasteiger partial charge in [-0.25, -0.2) is 0 Å². The van der Waals surface area contributed by atoms with Gasteiger partial charge < -0.3 is 15.5 Å². The lowest BCUT2D eigenvalue weighted by molar-refractivity contribution is -0.144. The molecule has 148 valence electrons. The fourth-order valence-corrected chi connectivity index (χ4v) is 4.36. The number of carbonyl (C=O) groups is 2. The number of likely N-dealkylation sites (tertiary alicyclic amines) is 1. The number of amides is 2. The number of anilines is 1. The number of rotatable bonds is 8. The number of unbranched alkanes of at least 4 members (excludes halogenated alkanes) is 1. The minimum absolute atomic E-state index is 0.0757. The maximum Gasteiger partial charge on any atom is 0.259 e. The fraction of sp³-hybridized carbons (Fsp3) is 0.619. The van der Waals surface area contributed by atoms with E-state index in [0.717, 1.165) is 44.2 Å². The van der Waals surface area contributed by atoms with Crippen LogP contribution in [0.25, 0.3) is 0 Å². The molecule has 1 saturated heterocycles. The molecule has 1 heterocycles. The molecule has 0 radical (unpaired) electrons. The minimum atomic E-state index is -1.30. The van der Waals surface area contributed by atoms with Crippen molar-refractivity contribution in [3.8, 4) is 0 Å². The second-order valence-corrected chi connectivity index (χ2v) is 7.65. The Morgan fingerprint density at radius 2 is 1.74 bits per heavy atom. The maximum atomic E-state index is 13.1. The SMILES string of the molecule is O=C1C(O)C(C(CCCCO)Nc2ccccc2)C(=O)N1C1CCCCC1. The Morgan fingerprint density at radius 1 is 1.04 bits per heavy atom. The van der Waals surface area contributed by atoms with Crippen molar-refractivity contribution < 1.29 is 19.8 Å². The molecule has 6 heteroatoms. The van der Waals surface area contributed by atoms with E-state index in [2.05, 4.69) is 5.32 Å². The maximum absolute atomic E-state index is 13.1. The number of nitrogens with one attached hydrogen (secondary N) is 1. The van der Waals surface area contributed by atoms with E-state index in [9.17, 15) is 14.7 Å². The quantitative estimate of drug-likeness (QED) is 0.480. The molecule has 3 unspecified atom stereocenters. The highest BCUT2D eigenvalue weighted by Gasteiger charge is 2.52. The summed E-state index contributed by atoms with van der Waals surface area (Å²) in [5.41, 5.74) is 0.857. The molecular formula is C21H30N2O4. The molecule has 1 aromatic carbocycles. The second-order valence-electron chi connectivity index (χ2n) is 7.65. The van der Waals surface area contributed by atoms with Gasteiger partial charge >= 0.3 is 0 Å². The molecule has 0 spiro atoms. The molecule has 6 nitrogen and oxygen atoms in total. The van der Waals surface area contributed by atoms with Crippen molar-refractivity contribution >= 4 is 17.5 Å². The van der Waals surface area contributed by atoms with E-state index in [4.69, 9.17) is 5.11 Å². The summed E-state index contributed by atoms with van der Waals surface area (Å²) in [4.78, 5) is 27.2. The van der Waals surface area contributed by atoms with Gasteiger partial charge in [-0.15, -0.1) is 0 Å². The van der Waals surface area contributed by atoms with E-state index in [1.54, 1.807) is 0 Å². The second kappa shape index (κ2) is 9.33. The molecule has 3 atom stereocenters. The van der Waals surface area contributed by atoms with Crippen LogP contribution in [-0.4, -0.2) is 51.7 Å². The van der Waals surface area contributed by atoms with Crippen LogP contribution in [0.5, 0.6) is 0 Å². The van der Waals surface area contributed by atoms with E-state index in [1.165, 1.54) is 4.90 Å². The van der Waals surface area contributed by atoms with Crippen LogP contribution >= 0.6 is 0 Å². The summed E-state index contributed by atoms with van der Waals surface area (Å²) in [5, 5.41) is 23.1. The van der Waals surface area contributed by atoms with Gasteiger partial charge in [0, 0.05) is 24.4 Å². The molecule has 1 saturated carbocycles. The first-order valence-electron chi connectivity index (χ1n) is 10.1. The molecule has 1 aromatic rings. The normalized spacial score (nSPS) is 25.0. The van der Waals surface area contributed by atoms with Gasteiger partial charge in [0.15, 0.2) is 0 Å². The molecular weight excluding hydrogens is 344 g/mol. The van der Waals surface area contributed by atoms with Crippen molar-refractivity contribution in [1.82, 2.24) is 4.90 Å². The Balaban J connectivity index is 1.79. The predicted molar refractivity (Wildman–Crippen MR) is 103 cm³/mol. The molecule has 1 aliphatic heterocycles. The van der Waals surface area contributed by atoms with Crippen molar-refractivity contribution in [1.29, 1.82) is 0 Å². The number of para-hydroxylation sites is 1. The Hall–Kier alpha value is -1.92. The van der Waals surface area contributed by atoms with Gasteiger partial charge in [0.25, 0.3) is 5.91 Å². The van der Waals surface area contributed by atoms with Crippen LogP contribution in [-0.2, 0) is 9.59 Å². The molecule has 2 amide bonds. The fourth-order valence-electron chi connectivity index (χ4n) is 4.36. The lowest BCUT2D eigenvalue weighted by Crippen LogP contribution is -2.43. The largest absolute Gasteiger partial charge is 0.396 e. The number of benzene rings is 1. The number of imide groups is 1. The topological polar surface area (TPSA) is 89.9 Å². The van der Waals surface area contributed by atoms with Crippen LogP contribution in [0.3, 0.4) is 0 Å². The van der Waals surface area contributed by atoms with Crippen LogP contribution in [0.1, 0.15) is 51.4 Å². The molecule has 3 rings (SSSR count). The third-order valence-electron chi connectivity index (χ3n) is 5.78. The molecule has 2 fully saturated rings. The van der Waals surface area contributed by atoms with Crippen LogP contribution in [0.15, 0.2) is 30.3 Å². The van der Waals surface area contributed by atoms with Crippen molar-refractivity contribution in [3.05, 3.63) is 30.3 Å². The van der Waals surface area contributed by atoms with E-state index in [0.29, 0.717) is 12.8 Å². The average Bonchev–Trinajstić information content (AvgIpc) is 2.91. The first-order valence-corrected chi connectivity index (χ1v) is 10.1. The lowest BCUT2D eigenvalue weighted by atomic mass is 9.90. The predicted octanol–water partition coefficient (Wildman–Crippen LogP) is 2.31. The summed E-state index contributed by atoms with van der Waals surface area (Å²) >= 11 is 0. The molecule has 1 aliphatic carbocycles. The number of aliphatic hydroxyl groups is 2. The van der Waals surface area contributed by atoms with Gasteiger partial charge in [-0.2, -0.15) is 0 Å². The van der Waals surface area contributed by atoms with Gasteiger partial charge in [-0.3, -0.25) is 14.5 Å². The van der Waals surface area contributed by atoms with Crippen LogP contribution in [0, 0.1) is 5.92 Å². The summed E-state index contributed by atoms with van der Waals surface area (Å²) in [6.45, 7) is 0.0896. The van der Waals surface area contributed by atoms with Gasteiger partial charge in [-0.1, -0.05) is 37.5 Å². The van der Waals surface area contributed by atoms with Gasteiger partial charge in [0.1, 0.15) is 6.10 Å². The highest BCUT2D eigenvalue weighted by molar-refractivity contribution is 6.07. The monoisotopic (exact) mass is 374 g/mol. The van der Waals surface area contributed by atoms with E-state index < -0.39 is 17.9 Å². The number of hydrogen-bond donors (Lipinski definition) is 3. The Morgan fingerprint density at radius 3 is 2.41 bits per heavy atom. The van der Waals surface area contributed by atoms with Crippen molar-refractivity contribution in [3.63, 3.8) is 0 Å². The average molecular weight is 374 g/mol. The number of hydrogen-bond acceptors (Lipinski definition) is 5. The number of carbonyl (C=O) groups excluding carboxylic acids is 2. The third kappa shape index (κ3) is 4.50. The van der Waals surface area contributed by atoms with E-state index in [1.807, 2.05) is 30.3 Å². The van der Waals surface area contributed by atoms with Crippen LogP contribution in [0.2, 0.25) is 0 Å². The molecule has 0 bridgehead atoms. The molecule has 2 aliphatic rings. The summed E-state index contributed by atoms with van der Waals surface area (Å²) < 4.78 is 0. The van der Waals surface area contributed by atoms with Gasteiger partial charge in [0.2, 0.25) is 5.91 Å². The van der Waals surface area contributed by atoms with Crippen molar-refractivity contribution in [2.45, 2.75) is 69.6 Å². The highest BCUT2D eigenvalue weighted by Crippen LogP contribution is 2.33. The van der Waals surface area contributed by atoms with Crippen molar-refractivity contribution in [2.75, 3.05) is 11.9 Å². The Labute approximate surface area is 160 Å². The summed E-state index contributed by atoms with van der Waals surface area (Å²) in [5.74, 6) is -1.48.